The molecule has 7 heteroatoms. The van der Waals surface area contributed by atoms with Crippen LogP contribution in [0.5, 0.6) is 17.2 Å². The minimum Gasteiger partial charge on any atom is -0.494 e. The van der Waals surface area contributed by atoms with Gasteiger partial charge in [0.15, 0.2) is 11.5 Å². The van der Waals surface area contributed by atoms with Gasteiger partial charge in [-0.25, -0.2) is 0 Å². The number of carbonyl (C=O) groups is 2. The highest BCUT2D eigenvalue weighted by molar-refractivity contribution is 6.35. The Hall–Kier alpha value is -3.22. The van der Waals surface area contributed by atoms with E-state index in [4.69, 9.17) is 14.2 Å². The van der Waals surface area contributed by atoms with Crippen molar-refractivity contribution in [3.63, 3.8) is 0 Å². The smallest absolute Gasteiger partial charge is 0.309 e. The standard InChI is InChI=1S/C22H26N2O5/c1-4-27-18-10-9-14(2)11-17(18)15(3)24-22(26)21(25)23-12-16-13-28-19-7-5-6-8-20(19)29-16/h5-11,15-16H,4,12-13H2,1-3H3,(H,23,25)(H,24,26). The third kappa shape index (κ3) is 5.19. The summed E-state index contributed by atoms with van der Waals surface area (Å²) in [6.45, 7) is 6.67. The Labute approximate surface area is 170 Å². The highest BCUT2D eigenvalue weighted by Gasteiger charge is 2.24. The number of hydrogen-bond acceptors (Lipinski definition) is 5. The van der Waals surface area contributed by atoms with Crippen LogP contribution in [0.4, 0.5) is 0 Å². The number of nitrogens with one attached hydrogen (secondary N) is 2. The van der Waals surface area contributed by atoms with E-state index in [0.717, 1.165) is 11.1 Å². The molecule has 2 aromatic rings. The van der Waals surface area contributed by atoms with E-state index in [1.165, 1.54) is 0 Å². The van der Waals surface area contributed by atoms with Crippen LogP contribution in [-0.4, -0.2) is 37.7 Å². The zero-order valence-corrected chi connectivity index (χ0v) is 16.9. The zero-order chi connectivity index (χ0) is 20.8. The number of para-hydroxylation sites is 2. The SMILES string of the molecule is CCOc1ccc(C)cc1C(C)NC(=O)C(=O)NCC1COc2ccccc2O1. The molecule has 1 heterocycles. The second kappa shape index (κ2) is 9.32. The van der Waals surface area contributed by atoms with E-state index in [1.54, 1.807) is 6.07 Å². The van der Waals surface area contributed by atoms with Gasteiger partial charge in [-0.3, -0.25) is 9.59 Å². The van der Waals surface area contributed by atoms with Crippen LogP contribution in [0.3, 0.4) is 0 Å². The maximum absolute atomic E-state index is 12.3. The predicted molar refractivity (Wildman–Crippen MR) is 108 cm³/mol. The van der Waals surface area contributed by atoms with E-state index in [1.807, 2.05) is 57.2 Å². The Bertz CT molecular complexity index is 883. The molecule has 0 bridgehead atoms. The van der Waals surface area contributed by atoms with Crippen molar-refractivity contribution in [2.24, 2.45) is 0 Å². The maximum Gasteiger partial charge on any atom is 0.309 e. The van der Waals surface area contributed by atoms with Gasteiger partial charge in [-0.05, 0) is 39.0 Å². The van der Waals surface area contributed by atoms with Gasteiger partial charge in [0.05, 0.1) is 19.2 Å². The summed E-state index contributed by atoms with van der Waals surface area (Å²) in [4.78, 5) is 24.5. The monoisotopic (exact) mass is 398 g/mol. The van der Waals surface area contributed by atoms with Gasteiger partial charge in [0.1, 0.15) is 18.5 Å². The number of benzene rings is 2. The van der Waals surface area contributed by atoms with Gasteiger partial charge >= 0.3 is 11.8 Å². The van der Waals surface area contributed by atoms with Crippen LogP contribution >= 0.6 is 0 Å². The molecule has 2 atom stereocenters. The zero-order valence-electron chi connectivity index (χ0n) is 16.9. The van der Waals surface area contributed by atoms with E-state index in [0.29, 0.717) is 30.5 Å². The summed E-state index contributed by atoms with van der Waals surface area (Å²) in [6, 6.07) is 12.7. The van der Waals surface area contributed by atoms with Crippen LogP contribution in [-0.2, 0) is 9.59 Å². The van der Waals surface area contributed by atoms with E-state index >= 15 is 0 Å². The molecular formula is C22H26N2O5. The largest absolute Gasteiger partial charge is 0.494 e. The van der Waals surface area contributed by atoms with E-state index in [9.17, 15) is 9.59 Å². The Morgan fingerprint density at radius 1 is 1.17 bits per heavy atom. The average Bonchev–Trinajstić information content (AvgIpc) is 2.73. The van der Waals surface area contributed by atoms with E-state index in [2.05, 4.69) is 10.6 Å². The summed E-state index contributed by atoms with van der Waals surface area (Å²) in [5.74, 6) is 0.560. The fourth-order valence-electron chi connectivity index (χ4n) is 3.08. The van der Waals surface area contributed by atoms with Crippen LogP contribution in [0.15, 0.2) is 42.5 Å². The number of amides is 2. The molecule has 0 aliphatic carbocycles. The Morgan fingerprint density at radius 2 is 1.93 bits per heavy atom. The normalized spacial score (nSPS) is 15.9. The van der Waals surface area contributed by atoms with Gasteiger partial charge in [0, 0.05) is 5.56 Å². The van der Waals surface area contributed by atoms with Crippen molar-refractivity contribution in [1.82, 2.24) is 10.6 Å². The van der Waals surface area contributed by atoms with Crippen LogP contribution in [0.2, 0.25) is 0 Å². The molecule has 7 nitrogen and oxygen atoms in total. The van der Waals surface area contributed by atoms with E-state index in [-0.39, 0.29) is 18.7 Å². The summed E-state index contributed by atoms with van der Waals surface area (Å²) in [5.41, 5.74) is 1.87. The Balaban J connectivity index is 1.53. The fourth-order valence-corrected chi connectivity index (χ4v) is 3.08. The van der Waals surface area contributed by atoms with Gasteiger partial charge in [0.25, 0.3) is 0 Å². The van der Waals surface area contributed by atoms with Gasteiger partial charge < -0.3 is 24.8 Å². The summed E-state index contributed by atoms with van der Waals surface area (Å²) >= 11 is 0. The second-order valence-electron chi connectivity index (χ2n) is 6.88. The lowest BCUT2D eigenvalue weighted by Crippen LogP contribution is -2.46. The van der Waals surface area contributed by atoms with Gasteiger partial charge in [-0.2, -0.15) is 0 Å². The molecule has 1 aliphatic heterocycles. The van der Waals surface area contributed by atoms with Crippen molar-refractivity contribution < 1.29 is 23.8 Å². The van der Waals surface area contributed by atoms with Gasteiger partial charge in [0.2, 0.25) is 0 Å². The summed E-state index contributed by atoms with van der Waals surface area (Å²) in [5, 5.41) is 5.33. The minimum absolute atomic E-state index is 0.170. The van der Waals surface area contributed by atoms with Crippen LogP contribution in [0.25, 0.3) is 0 Å². The highest BCUT2D eigenvalue weighted by Crippen LogP contribution is 2.30. The lowest BCUT2D eigenvalue weighted by molar-refractivity contribution is -0.139. The first kappa shape index (κ1) is 20.5. The molecule has 2 amide bonds. The van der Waals surface area contributed by atoms with Gasteiger partial charge in [-0.15, -0.1) is 0 Å². The topological polar surface area (TPSA) is 85.9 Å². The molecular weight excluding hydrogens is 372 g/mol. The fraction of sp³-hybridized carbons (Fsp3) is 0.364. The first-order valence-corrected chi connectivity index (χ1v) is 9.68. The highest BCUT2D eigenvalue weighted by atomic mass is 16.6. The molecule has 0 spiro atoms. The second-order valence-corrected chi connectivity index (χ2v) is 6.88. The first-order valence-electron chi connectivity index (χ1n) is 9.68. The molecule has 0 fully saturated rings. The third-order valence-electron chi connectivity index (χ3n) is 4.54. The number of aryl methyl sites for hydroxylation is 1. The summed E-state index contributed by atoms with van der Waals surface area (Å²) < 4.78 is 17.0. The van der Waals surface area contributed by atoms with Crippen LogP contribution in [0, 0.1) is 6.92 Å². The van der Waals surface area contributed by atoms with Gasteiger partial charge in [-0.1, -0.05) is 29.8 Å². The van der Waals surface area contributed by atoms with Crippen molar-refractivity contribution in [3.05, 3.63) is 53.6 Å². The molecule has 0 saturated heterocycles. The number of rotatable bonds is 6. The quantitative estimate of drug-likeness (QED) is 0.731. The molecule has 29 heavy (non-hydrogen) atoms. The van der Waals surface area contributed by atoms with Crippen molar-refractivity contribution in [3.8, 4) is 17.2 Å². The molecule has 2 unspecified atom stereocenters. The number of ether oxygens (including phenoxy) is 3. The lowest BCUT2D eigenvalue weighted by atomic mass is 10.0. The summed E-state index contributed by atoms with van der Waals surface area (Å²) in [6.07, 6.45) is -0.361. The Kier molecular flexibility index (Phi) is 6.59. The predicted octanol–water partition coefficient (Wildman–Crippen LogP) is 2.53. The molecule has 3 rings (SSSR count). The number of carbonyl (C=O) groups excluding carboxylic acids is 2. The van der Waals surface area contributed by atoms with Crippen LogP contribution < -0.4 is 24.8 Å². The number of fused-ring (bicyclic) bond motifs is 1. The van der Waals surface area contributed by atoms with Crippen molar-refractivity contribution >= 4 is 11.8 Å². The molecule has 154 valence electrons. The first-order chi connectivity index (χ1) is 14.0. The maximum atomic E-state index is 12.3. The molecule has 0 aromatic heterocycles. The van der Waals surface area contributed by atoms with Crippen molar-refractivity contribution in [2.45, 2.75) is 32.9 Å². The third-order valence-corrected chi connectivity index (χ3v) is 4.54. The minimum atomic E-state index is -0.718. The molecule has 2 N–H and O–H groups in total. The molecule has 0 saturated carbocycles. The average molecular weight is 398 g/mol. The van der Waals surface area contributed by atoms with Crippen LogP contribution in [0.1, 0.15) is 31.0 Å². The Morgan fingerprint density at radius 3 is 2.69 bits per heavy atom. The number of hydrogen-bond donors (Lipinski definition) is 2. The lowest BCUT2D eigenvalue weighted by Gasteiger charge is -2.26. The van der Waals surface area contributed by atoms with Crippen molar-refractivity contribution in [1.29, 1.82) is 0 Å². The molecule has 0 radical (unpaired) electrons. The van der Waals surface area contributed by atoms with Crippen molar-refractivity contribution in [2.75, 3.05) is 19.8 Å². The molecule has 2 aromatic carbocycles. The molecule has 1 aliphatic rings. The van der Waals surface area contributed by atoms with E-state index < -0.39 is 11.8 Å². The summed E-state index contributed by atoms with van der Waals surface area (Å²) in [7, 11) is 0.